The molecule has 0 radical (unpaired) electrons. The van der Waals surface area contributed by atoms with Crippen molar-refractivity contribution in [2.24, 2.45) is 0 Å². The average molecular weight is 384 g/mol. The second-order valence-electron chi connectivity index (χ2n) is 4.57. The first-order valence-corrected chi connectivity index (χ1v) is 7.46. The molecule has 0 saturated carbocycles. The van der Waals surface area contributed by atoms with Gasteiger partial charge in [-0.05, 0) is 0 Å². The summed E-state index contributed by atoms with van der Waals surface area (Å²) < 4.78 is 1.51. The van der Waals surface area contributed by atoms with Crippen molar-refractivity contribution in [3.8, 4) is 0 Å². The van der Waals surface area contributed by atoms with Gasteiger partial charge in [-0.2, -0.15) is 0 Å². The number of likely N-dealkylation sites (N-methyl/N-ethyl adjacent to an activating group) is 1. The second kappa shape index (κ2) is 11.8. The van der Waals surface area contributed by atoms with Crippen molar-refractivity contribution in [2.75, 3.05) is 13.1 Å². The van der Waals surface area contributed by atoms with Gasteiger partial charge in [0.15, 0.2) is 0 Å². The third-order valence-corrected chi connectivity index (χ3v) is 4.32. The Morgan fingerprint density at radius 3 is 2.05 bits per heavy atom. The van der Waals surface area contributed by atoms with E-state index in [4.69, 9.17) is 0 Å². The third-order valence-electron chi connectivity index (χ3n) is 3.56. The van der Waals surface area contributed by atoms with E-state index >= 15 is 0 Å². The summed E-state index contributed by atoms with van der Waals surface area (Å²) in [5, 5.41) is 0. The van der Waals surface area contributed by atoms with Crippen LogP contribution in [-0.4, -0.2) is 18.0 Å². The molecule has 2 rings (SSSR count). The first-order chi connectivity index (χ1) is 8.77. The fourth-order valence-electron chi connectivity index (χ4n) is 2.59. The molecule has 1 nitrogen and oxygen atoms in total. The van der Waals surface area contributed by atoms with Crippen LogP contribution in [0.2, 0.25) is 0 Å². The monoisotopic (exact) mass is 382 g/mol. The minimum absolute atomic E-state index is 0. The molecule has 1 aliphatic carbocycles. The van der Waals surface area contributed by atoms with Crippen LogP contribution in [0.25, 0.3) is 0 Å². The molecule has 0 fully saturated rings. The van der Waals surface area contributed by atoms with Gasteiger partial charge in [0.1, 0.15) is 0 Å². The predicted molar refractivity (Wildman–Crippen MR) is 94.6 cm³/mol. The molecule has 0 amide bonds. The topological polar surface area (TPSA) is 3.24 Å². The van der Waals surface area contributed by atoms with Gasteiger partial charge in [0, 0.05) is 0 Å². The summed E-state index contributed by atoms with van der Waals surface area (Å²) >= 11 is 2.26. The van der Waals surface area contributed by atoms with E-state index in [9.17, 15) is 0 Å². The van der Waals surface area contributed by atoms with E-state index in [2.05, 4.69) is 81.7 Å². The summed E-state index contributed by atoms with van der Waals surface area (Å²) in [6.45, 7) is 6.66. The van der Waals surface area contributed by atoms with Crippen LogP contribution in [0.15, 0.2) is 51.9 Å². The SMILES string of the molecule is CCN(CC)C(C1=[C]([Ti])CC=C1)c1ccccc1.Cl.Cl.Cl. The van der Waals surface area contributed by atoms with Crippen molar-refractivity contribution in [1.82, 2.24) is 4.90 Å². The largest absolute Gasteiger partial charge is 0.147 e. The Balaban J connectivity index is 0. The van der Waals surface area contributed by atoms with Crippen molar-refractivity contribution in [1.29, 1.82) is 0 Å². The molecule has 0 saturated heterocycles. The van der Waals surface area contributed by atoms with Gasteiger partial charge in [-0.25, -0.2) is 0 Å². The van der Waals surface area contributed by atoms with Crippen molar-refractivity contribution < 1.29 is 20.4 Å². The van der Waals surface area contributed by atoms with Crippen LogP contribution >= 0.6 is 37.2 Å². The predicted octanol–water partition coefficient (Wildman–Crippen LogP) is 5.10. The summed E-state index contributed by atoms with van der Waals surface area (Å²) in [5.74, 6) is 0. The molecule has 0 aliphatic heterocycles. The van der Waals surface area contributed by atoms with E-state index in [1.807, 2.05) is 0 Å². The Morgan fingerprint density at radius 2 is 1.62 bits per heavy atom. The first kappa shape index (κ1) is 23.5. The molecule has 0 aromatic heterocycles. The van der Waals surface area contributed by atoms with Crippen LogP contribution < -0.4 is 0 Å². The molecule has 0 heterocycles. The third kappa shape index (κ3) is 5.75. The van der Waals surface area contributed by atoms with Gasteiger partial charge in [0.05, 0.1) is 0 Å². The number of nitrogens with zero attached hydrogens (tertiary/aromatic N) is 1. The van der Waals surface area contributed by atoms with E-state index < -0.39 is 0 Å². The Morgan fingerprint density at radius 1 is 1.05 bits per heavy atom. The Labute approximate surface area is 158 Å². The number of rotatable bonds is 5. The maximum atomic E-state index is 2.53. The molecule has 1 aromatic carbocycles. The Bertz CT molecular complexity index is 456. The van der Waals surface area contributed by atoms with Crippen molar-refractivity contribution in [3.05, 3.63) is 57.5 Å². The molecule has 5 heteroatoms. The van der Waals surface area contributed by atoms with Gasteiger partial charge in [-0.3, -0.25) is 0 Å². The molecular weight excluding hydrogens is 360 g/mol. The van der Waals surface area contributed by atoms with Crippen LogP contribution in [0.4, 0.5) is 0 Å². The zero-order valence-electron chi connectivity index (χ0n) is 12.4. The number of hydrogen-bond donors (Lipinski definition) is 0. The van der Waals surface area contributed by atoms with Crippen molar-refractivity contribution in [2.45, 2.75) is 26.3 Å². The summed E-state index contributed by atoms with van der Waals surface area (Å²) in [6.07, 6.45) is 5.70. The van der Waals surface area contributed by atoms with E-state index in [1.54, 1.807) is 0 Å². The summed E-state index contributed by atoms with van der Waals surface area (Å²) in [4.78, 5) is 2.53. The summed E-state index contributed by atoms with van der Waals surface area (Å²) in [5.41, 5.74) is 2.90. The van der Waals surface area contributed by atoms with Gasteiger partial charge in [-0.15, -0.1) is 37.2 Å². The number of hydrogen-bond acceptors (Lipinski definition) is 1. The van der Waals surface area contributed by atoms with Crippen molar-refractivity contribution in [3.63, 3.8) is 0 Å². The van der Waals surface area contributed by atoms with E-state index in [-0.39, 0.29) is 37.2 Å². The number of halogens is 3. The minimum Gasteiger partial charge on any atom is -0.147 e. The molecule has 21 heavy (non-hydrogen) atoms. The molecule has 1 aromatic rings. The van der Waals surface area contributed by atoms with Gasteiger partial charge in [0.25, 0.3) is 0 Å². The fraction of sp³-hybridized carbons (Fsp3) is 0.375. The number of allylic oxidation sites excluding steroid dienone is 2. The van der Waals surface area contributed by atoms with Crippen LogP contribution in [0.3, 0.4) is 0 Å². The molecule has 1 unspecified atom stereocenters. The zero-order chi connectivity index (χ0) is 13.0. The number of benzene rings is 1. The van der Waals surface area contributed by atoms with Gasteiger partial charge < -0.3 is 0 Å². The molecule has 0 bridgehead atoms. The smallest absolute Gasteiger partial charge is 0.147 e. The van der Waals surface area contributed by atoms with Gasteiger partial charge in [-0.1, -0.05) is 0 Å². The van der Waals surface area contributed by atoms with Crippen LogP contribution in [0.5, 0.6) is 0 Å². The summed E-state index contributed by atoms with van der Waals surface area (Å²) in [6, 6.07) is 11.3. The maximum Gasteiger partial charge on any atom is -0.147 e. The van der Waals surface area contributed by atoms with Crippen LogP contribution in [0.1, 0.15) is 31.9 Å². The van der Waals surface area contributed by atoms with E-state index in [1.165, 1.54) is 15.0 Å². The second-order valence-corrected chi connectivity index (χ2v) is 5.52. The molecule has 0 spiro atoms. The first-order valence-electron chi connectivity index (χ1n) is 6.68. The van der Waals surface area contributed by atoms with Crippen molar-refractivity contribution >= 4 is 37.2 Å². The standard InChI is InChI=1S/C16H20N.3ClH.Ti/c1-3-17(4-2)16(15-12-8-9-13-15)14-10-6-5-7-11-14;;;;/h5-8,10-12,16H,3-4,9H2,1-2H3;3*1H;. The molecular formula is C16H23Cl3NTi. The summed E-state index contributed by atoms with van der Waals surface area (Å²) in [7, 11) is 0. The van der Waals surface area contributed by atoms with Crippen LogP contribution in [0, 0.1) is 0 Å². The quantitative estimate of drug-likeness (QED) is 0.640. The Kier molecular flexibility index (Phi) is 13.2. The minimum atomic E-state index is 0. The zero-order valence-corrected chi connectivity index (χ0v) is 16.4. The molecule has 117 valence electrons. The van der Waals surface area contributed by atoms with Gasteiger partial charge >= 0.3 is 122 Å². The van der Waals surface area contributed by atoms with E-state index in [0.29, 0.717) is 6.04 Å². The average Bonchev–Trinajstić information content (AvgIpc) is 2.83. The maximum absolute atomic E-state index is 2.53. The van der Waals surface area contributed by atoms with Crippen LogP contribution in [-0.2, 0) is 20.4 Å². The van der Waals surface area contributed by atoms with E-state index in [0.717, 1.165) is 19.5 Å². The van der Waals surface area contributed by atoms with Gasteiger partial charge in [0.2, 0.25) is 0 Å². The Hall–Kier alpha value is 0.244. The molecule has 1 atom stereocenters. The molecule has 1 aliphatic rings. The molecule has 0 N–H and O–H groups in total. The normalized spacial score (nSPS) is 14.2. The fourth-order valence-corrected chi connectivity index (χ4v) is 3.12.